The number of hydrogen-bond donors (Lipinski definition) is 1. The van der Waals surface area contributed by atoms with Crippen LogP contribution in [-0.4, -0.2) is 16.7 Å². The summed E-state index contributed by atoms with van der Waals surface area (Å²) in [5.41, 5.74) is 0.214. The predicted octanol–water partition coefficient (Wildman–Crippen LogP) is 5.48. The molecule has 0 heterocycles. The van der Waals surface area contributed by atoms with Crippen LogP contribution in [-0.2, 0) is 9.09 Å². The number of rotatable bonds is 6. The molecule has 0 amide bonds. The molecular weight excluding hydrogens is 271 g/mol. The van der Waals surface area contributed by atoms with E-state index in [0.29, 0.717) is 13.0 Å². The zero-order chi connectivity index (χ0) is 16.4. The minimum atomic E-state index is -3.61. The van der Waals surface area contributed by atoms with Crippen molar-refractivity contribution in [1.82, 2.24) is 0 Å². The molecule has 0 aliphatic rings. The van der Waals surface area contributed by atoms with Crippen molar-refractivity contribution in [3.8, 4) is 0 Å². The lowest BCUT2D eigenvalue weighted by atomic mass is 9.86. The van der Waals surface area contributed by atoms with Gasteiger partial charge in [0, 0.05) is 0 Å². The van der Waals surface area contributed by atoms with Crippen molar-refractivity contribution in [2.45, 2.75) is 80.3 Å². The molecule has 0 saturated carbocycles. The fraction of sp³-hybridized carbons (Fsp3) is 1.00. The van der Waals surface area contributed by atoms with Crippen LogP contribution in [0.3, 0.4) is 0 Å². The highest BCUT2D eigenvalue weighted by Crippen LogP contribution is 2.59. The summed E-state index contributed by atoms with van der Waals surface area (Å²) >= 11 is 0. The minimum absolute atomic E-state index is 0.00226. The van der Waals surface area contributed by atoms with E-state index in [4.69, 9.17) is 4.52 Å². The first-order chi connectivity index (χ1) is 8.56. The van der Waals surface area contributed by atoms with Crippen LogP contribution in [0.2, 0.25) is 0 Å². The molecule has 2 atom stereocenters. The van der Waals surface area contributed by atoms with Crippen molar-refractivity contribution in [1.29, 1.82) is 0 Å². The van der Waals surface area contributed by atoms with Crippen LogP contribution in [0.15, 0.2) is 0 Å². The standard InChI is InChI=1S/C16H35O3P/c1-13(10-14(2,3)4)11-19-20(17,18)16(8,9)12-15(5,6)7/h13H,10-12H2,1-9H3,(H,17,18). The quantitative estimate of drug-likeness (QED) is 0.661. The van der Waals surface area contributed by atoms with E-state index in [1.807, 2.05) is 13.8 Å². The lowest BCUT2D eigenvalue weighted by Crippen LogP contribution is -2.29. The third-order valence-corrected chi connectivity index (χ3v) is 5.41. The van der Waals surface area contributed by atoms with E-state index in [9.17, 15) is 9.46 Å². The Hall–Kier alpha value is 0.150. The molecule has 3 nitrogen and oxygen atoms in total. The second-order valence-corrected chi connectivity index (χ2v) is 11.7. The molecule has 0 bridgehead atoms. The van der Waals surface area contributed by atoms with E-state index in [1.54, 1.807) is 0 Å². The van der Waals surface area contributed by atoms with Gasteiger partial charge in [0.2, 0.25) is 0 Å². The summed E-state index contributed by atoms with van der Waals surface area (Å²) in [5, 5.41) is -0.716. The first-order valence-corrected chi connectivity index (χ1v) is 9.11. The van der Waals surface area contributed by atoms with Crippen LogP contribution in [0.25, 0.3) is 0 Å². The third-order valence-electron chi connectivity index (χ3n) is 3.22. The molecule has 0 aromatic rings. The molecule has 122 valence electrons. The van der Waals surface area contributed by atoms with Crippen LogP contribution in [0.5, 0.6) is 0 Å². The highest BCUT2D eigenvalue weighted by Gasteiger charge is 2.43. The Morgan fingerprint density at radius 2 is 1.45 bits per heavy atom. The van der Waals surface area contributed by atoms with Crippen molar-refractivity contribution in [2.24, 2.45) is 16.7 Å². The molecule has 0 radical (unpaired) electrons. The van der Waals surface area contributed by atoms with Crippen LogP contribution in [0.4, 0.5) is 0 Å². The molecule has 20 heavy (non-hydrogen) atoms. The Labute approximate surface area is 126 Å². The molecule has 1 N–H and O–H groups in total. The molecule has 0 fully saturated rings. The van der Waals surface area contributed by atoms with Crippen molar-refractivity contribution >= 4 is 7.60 Å². The molecule has 4 heteroatoms. The third kappa shape index (κ3) is 7.81. The van der Waals surface area contributed by atoms with Crippen molar-refractivity contribution in [3.63, 3.8) is 0 Å². The molecule has 0 aliphatic heterocycles. The Bertz CT molecular complexity index is 348. The van der Waals surface area contributed by atoms with Gasteiger partial charge in [-0.15, -0.1) is 0 Å². The van der Waals surface area contributed by atoms with Crippen LogP contribution in [0, 0.1) is 16.7 Å². The summed E-state index contributed by atoms with van der Waals surface area (Å²) in [7, 11) is -3.61. The Morgan fingerprint density at radius 1 is 1.00 bits per heavy atom. The van der Waals surface area contributed by atoms with Gasteiger partial charge < -0.3 is 9.42 Å². The summed E-state index contributed by atoms with van der Waals surface area (Å²) in [6.07, 6.45) is 1.63. The van der Waals surface area contributed by atoms with Crippen molar-refractivity contribution in [2.75, 3.05) is 6.61 Å². The maximum atomic E-state index is 12.5. The molecular formula is C16H35O3P. The summed E-state index contributed by atoms with van der Waals surface area (Å²) in [5.74, 6) is 0.279. The first-order valence-electron chi connectivity index (χ1n) is 7.53. The molecule has 0 aromatic carbocycles. The maximum Gasteiger partial charge on any atom is 0.333 e. The van der Waals surface area contributed by atoms with Gasteiger partial charge in [-0.05, 0) is 43.4 Å². The highest BCUT2D eigenvalue weighted by atomic mass is 31.2. The van der Waals surface area contributed by atoms with Gasteiger partial charge in [-0.3, -0.25) is 4.57 Å². The average molecular weight is 306 g/mol. The SMILES string of the molecule is CC(COP(=O)(O)C(C)(C)CC(C)(C)C)CC(C)(C)C. The largest absolute Gasteiger partial charge is 0.333 e. The smallest absolute Gasteiger partial charge is 0.324 e. The topological polar surface area (TPSA) is 46.5 Å². The summed E-state index contributed by atoms with van der Waals surface area (Å²) in [4.78, 5) is 10.3. The zero-order valence-electron chi connectivity index (χ0n) is 14.9. The molecule has 2 unspecified atom stereocenters. The minimum Gasteiger partial charge on any atom is -0.324 e. The molecule has 0 rings (SSSR count). The first kappa shape index (κ1) is 20.1. The maximum absolute atomic E-state index is 12.5. The predicted molar refractivity (Wildman–Crippen MR) is 87.2 cm³/mol. The van der Waals surface area contributed by atoms with Crippen molar-refractivity contribution in [3.05, 3.63) is 0 Å². The zero-order valence-corrected chi connectivity index (χ0v) is 15.8. The average Bonchev–Trinajstić information content (AvgIpc) is 2.07. The summed E-state index contributed by atoms with van der Waals surface area (Å²) < 4.78 is 18.0. The van der Waals surface area contributed by atoms with E-state index >= 15 is 0 Å². The second kappa shape index (κ2) is 6.50. The van der Waals surface area contributed by atoms with Crippen molar-refractivity contribution < 1.29 is 14.0 Å². The van der Waals surface area contributed by atoms with Crippen LogP contribution >= 0.6 is 7.60 Å². The van der Waals surface area contributed by atoms with Gasteiger partial charge in [-0.2, -0.15) is 0 Å². The van der Waals surface area contributed by atoms with Gasteiger partial charge in [0.1, 0.15) is 0 Å². The molecule has 0 aliphatic carbocycles. The van der Waals surface area contributed by atoms with E-state index in [1.165, 1.54) is 0 Å². The van der Waals surface area contributed by atoms with Gasteiger partial charge in [-0.25, -0.2) is 0 Å². The lowest BCUT2D eigenvalue weighted by molar-refractivity contribution is 0.169. The second-order valence-electron chi connectivity index (χ2n) is 9.24. The van der Waals surface area contributed by atoms with Gasteiger partial charge in [-0.1, -0.05) is 48.5 Å². The molecule has 0 spiro atoms. The van der Waals surface area contributed by atoms with E-state index in [-0.39, 0.29) is 16.7 Å². The lowest BCUT2D eigenvalue weighted by Gasteiger charge is -2.35. The number of hydrogen-bond acceptors (Lipinski definition) is 2. The van der Waals surface area contributed by atoms with E-state index in [2.05, 4.69) is 48.5 Å². The normalized spacial score (nSPS) is 18.7. The van der Waals surface area contributed by atoms with Crippen LogP contribution < -0.4 is 0 Å². The van der Waals surface area contributed by atoms with Gasteiger partial charge in [0.15, 0.2) is 0 Å². The fourth-order valence-corrected chi connectivity index (χ4v) is 4.39. The van der Waals surface area contributed by atoms with E-state index in [0.717, 1.165) is 6.42 Å². The summed E-state index contributed by atoms with van der Waals surface area (Å²) in [6, 6.07) is 0. The van der Waals surface area contributed by atoms with Crippen LogP contribution in [0.1, 0.15) is 75.2 Å². The molecule has 0 aromatic heterocycles. The van der Waals surface area contributed by atoms with Gasteiger partial charge in [0.25, 0.3) is 0 Å². The fourth-order valence-electron chi connectivity index (χ4n) is 2.91. The van der Waals surface area contributed by atoms with Gasteiger partial charge >= 0.3 is 7.60 Å². The van der Waals surface area contributed by atoms with Gasteiger partial charge in [0.05, 0.1) is 11.8 Å². The Balaban J connectivity index is 4.63. The summed E-state index contributed by atoms with van der Waals surface area (Å²) in [6.45, 7) is 18.8. The Morgan fingerprint density at radius 3 is 1.80 bits per heavy atom. The molecule has 0 saturated heterocycles. The van der Waals surface area contributed by atoms with E-state index < -0.39 is 12.8 Å². The Kier molecular flexibility index (Phi) is 6.55. The monoisotopic (exact) mass is 306 g/mol. The highest BCUT2D eigenvalue weighted by molar-refractivity contribution is 7.54.